The average molecular weight is 516 g/mol. The number of aliphatic carboxylic acids is 1. The predicted octanol–water partition coefficient (Wildman–Crippen LogP) is 0.300. The molecule has 0 radical (unpaired) electrons. The molecule has 0 aliphatic carbocycles. The number of amidine groups is 1. The lowest BCUT2D eigenvalue weighted by molar-refractivity contribution is -0.139. The number of rotatable bonds is 10. The quantitative estimate of drug-likeness (QED) is 0.223. The van der Waals surface area contributed by atoms with Gasteiger partial charge in [0.05, 0.1) is 17.2 Å². The third kappa shape index (κ3) is 7.12. The molecule has 0 bridgehead atoms. The minimum Gasteiger partial charge on any atom is -0.480 e. The van der Waals surface area contributed by atoms with Crippen molar-refractivity contribution in [3.8, 4) is 0 Å². The van der Waals surface area contributed by atoms with Crippen molar-refractivity contribution in [2.45, 2.75) is 30.2 Å². The van der Waals surface area contributed by atoms with Crippen LogP contribution < -0.4 is 15.8 Å². The number of piperidine rings is 1. The summed E-state index contributed by atoms with van der Waals surface area (Å²) in [6.07, 6.45) is 1.27. The van der Waals surface area contributed by atoms with Crippen LogP contribution in [-0.4, -0.2) is 67.7 Å². The van der Waals surface area contributed by atoms with Crippen molar-refractivity contribution in [1.82, 2.24) is 14.9 Å². The van der Waals surface area contributed by atoms with Crippen LogP contribution in [0.3, 0.4) is 0 Å². The number of carbonyl (C=O) groups is 3. The molecule has 192 valence electrons. The summed E-state index contributed by atoms with van der Waals surface area (Å²) in [6.45, 7) is 0.250. The van der Waals surface area contributed by atoms with E-state index in [4.69, 9.17) is 11.1 Å². The number of carboxylic acids is 1. The first-order chi connectivity index (χ1) is 17.1. The van der Waals surface area contributed by atoms with Crippen LogP contribution in [0.5, 0.6) is 0 Å². The van der Waals surface area contributed by atoms with Crippen LogP contribution in [0.2, 0.25) is 0 Å². The number of nitrogen functional groups attached to an aromatic ring is 1. The highest BCUT2D eigenvalue weighted by Crippen LogP contribution is 2.18. The average Bonchev–Trinajstić information content (AvgIpc) is 2.87. The molecule has 2 amide bonds. The lowest BCUT2D eigenvalue weighted by Gasteiger charge is -2.32. The smallest absolute Gasteiger partial charge is 0.323 e. The Hall–Kier alpha value is -3.77. The number of sulfonamides is 1. The first kappa shape index (κ1) is 26.8. The Labute approximate surface area is 209 Å². The maximum Gasteiger partial charge on any atom is 0.323 e. The minimum atomic E-state index is -4.09. The fourth-order valence-corrected chi connectivity index (χ4v) is 5.10. The zero-order chi connectivity index (χ0) is 26.3. The lowest BCUT2D eigenvalue weighted by Crippen LogP contribution is -2.51. The number of nitrogens with two attached hydrogens (primary N) is 1. The number of likely N-dealkylation sites (tertiary alicyclic amines) is 1. The molecule has 12 heteroatoms. The Balaban J connectivity index is 1.55. The largest absolute Gasteiger partial charge is 0.480 e. The number of carbonyl (C=O) groups excluding carboxylic acids is 2. The first-order valence-electron chi connectivity index (χ1n) is 11.4. The molecule has 0 saturated carbocycles. The van der Waals surface area contributed by atoms with Crippen LogP contribution in [0, 0.1) is 11.3 Å². The zero-order valence-electron chi connectivity index (χ0n) is 19.5. The van der Waals surface area contributed by atoms with Gasteiger partial charge in [-0.3, -0.25) is 19.8 Å². The van der Waals surface area contributed by atoms with Gasteiger partial charge in [-0.2, -0.15) is 4.72 Å². The summed E-state index contributed by atoms with van der Waals surface area (Å²) in [6, 6.07) is 12.6. The van der Waals surface area contributed by atoms with E-state index in [0.717, 1.165) is 5.56 Å². The van der Waals surface area contributed by atoms with Crippen molar-refractivity contribution in [3.63, 3.8) is 0 Å². The van der Waals surface area contributed by atoms with E-state index in [9.17, 15) is 27.9 Å². The highest BCUT2D eigenvalue weighted by Gasteiger charge is 2.30. The maximum absolute atomic E-state index is 12.8. The molecule has 2 atom stereocenters. The Morgan fingerprint density at radius 2 is 1.78 bits per heavy atom. The summed E-state index contributed by atoms with van der Waals surface area (Å²) in [5, 5.41) is 19.4. The molecule has 1 saturated heterocycles. The van der Waals surface area contributed by atoms with Gasteiger partial charge in [-0.15, -0.1) is 0 Å². The van der Waals surface area contributed by atoms with Crippen molar-refractivity contribution in [1.29, 1.82) is 5.41 Å². The summed E-state index contributed by atoms with van der Waals surface area (Å²) in [5.41, 5.74) is 6.76. The van der Waals surface area contributed by atoms with Crippen molar-refractivity contribution >= 4 is 33.6 Å². The van der Waals surface area contributed by atoms with Crippen molar-refractivity contribution in [2.24, 2.45) is 11.7 Å². The van der Waals surface area contributed by atoms with E-state index < -0.39 is 40.4 Å². The standard InChI is InChI=1S/C24H29N5O6S/c25-22(26)17-10-8-16(9-11-17)13-21(30)29-12-4-5-18(15-29)23(31)27-14-20(24(32)33)28-36(34,35)19-6-2-1-3-7-19/h1-3,6-11,18,20,28H,4-5,12-15H2,(H3,25,26)(H,27,31)(H,32,33). The van der Waals surface area contributed by atoms with E-state index in [2.05, 4.69) is 10.0 Å². The van der Waals surface area contributed by atoms with E-state index in [-0.39, 0.29) is 29.6 Å². The number of amides is 2. The number of nitrogens with zero attached hydrogens (tertiary/aromatic N) is 1. The monoisotopic (exact) mass is 515 g/mol. The van der Waals surface area contributed by atoms with Crippen LogP contribution in [0.25, 0.3) is 0 Å². The number of nitrogens with one attached hydrogen (secondary N) is 3. The summed E-state index contributed by atoms with van der Waals surface area (Å²) < 4.78 is 27.0. The fraction of sp³-hybridized carbons (Fsp3) is 0.333. The van der Waals surface area contributed by atoms with Gasteiger partial charge in [-0.1, -0.05) is 42.5 Å². The molecule has 0 aromatic heterocycles. The minimum absolute atomic E-state index is 0.0595. The van der Waals surface area contributed by atoms with Crippen LogP contribution in [0.1, 0.15) is 24.0 Å². The Morgan fingerprint density at radius 1 is 1.11 bits per heavy atom. The second kappa shape index (κ2) is 11.8. The van der Waals surface area contributed by atoms with Crippen LogP contribution >= 0.6 is 0 Å². The summed E-state index contributed by atoms with van der Waals surface area (Å²) >= 11 is 0. The van der Waals surface area contributed by atoms with E-state index in [1.165, 1.54) is 24.3 Å². The highest BCUT2D eigenvalue weighted by molar-refractivity contribution is 7.89. The zero-order valence-corrected chi connectivity index (χ0v) is 20.3. The first-order valence-corrected chi connectivity index (χ1v) is 12.8. The second-order valence-electron chi connectivity index (χ2n) is 8.54. The molecular formula is C24H29N5O6S. The van der Waals surface area contributed by atoms with Gasteiger partial charge in [-0.05, 0) is 30.5 Å². The summed E-state index contributed by atoms with van der Waals surface area (Å²) in [4.78, 5) is 38.6. The third-order valence-electron chi connectivity index (χ3n) is 5.89. The van der Waals surface area contributed by atoms with Crippen molar-refractivity contribution in [2.75, 3.05) is 19.6 Å². The SMILES string of the molecule is N=C(N)c1ccc(CC(=O)N2CCCC(C(=O)NCC(NS(=O)(=O)c3ccccc3)C(=O)O)C2)cc1. The lowest BCUT2D eigenvalue weighted by atomic mass is 9.96. The molecule has 2 aromatic carbocycles. The van der Waals surface area contributed by atoms with Gasteiger partial charge < -0.3 is 21.1 Å². The van der Waals surface area contributed by atoms with E-state index >= 15 is 0 Å². The summed E-state index contributed by atoms with van der Waals surface area (Å²) in [5.74, 6) is -2.62. The number of benzene rings is 2. The van der Waals surface area contributed by atoms with Gasteiger partial charge in [0.15, 0.2) is 0 Å². The summed E-state index contributed by atoms with van der Waals surface area (Å²) in [7, 11) is -4.09. The highest BCUT2D eigenvalue weighted by atomic mass is 32.2. The van der Waals surface area contributed by atoms with Gasteiger partial charge in [0.25, 0.3) is 0 Å². The molecule has 36 heavy (non-hydrogen) atoms. The fourth-order valence-electron chi connectivity index (χ4n) is 3.89. The molecule has 6 N–H and O–H groups in total. The molecule has 3 rings (SSSR count). The van der Waals surface area contributed by atoms with E-state index in [1.54, 1.807) is 35.2 Å². The molecule has 11 nitrogen and oxygen atoms in total. The Morgan fingerprint density at radius 3 is 2.39 bits per heavy atom. The second-order valence-corrected chi connectivity index (χ2v) is 10.3. The topological polar surface area (TPSA) is 183 Å². The molecular weight excluding hydrogens is 486 g/mol. The maximum atomic E-state index is 12.8. The molecule has 2 unspecified atom stereocenters. The van der Waals surface area contributed by atoms with Crippen molar-refractivity contribution < 1.29 is 27.9 Å². The van der Waals surface area contributed by atoms with Crippen molar-refractivity contribution in [3.05, 3.63) is 65.7 Å². The van der Waals surface area contributed by atoms with E-state index in [1.807, 2.05) is 0 Å². The number of carboxylic acid groups (broad SMARTS) is 1. The molecule has 1 heterocycles. The van der Waals surface area contributed by atoms with Gasteiger partial charge in [0.1, 0.15) is 11.9 Å². The van der Waals surface area contributed by atoms with Gasteiger partial charge in [0.2, 0.25) is 21.8 Å². The Bertz CT molecular complexity index is 1220. The Kier molecular flexibility index (Phi) is 8.78. The van der Waals surface area contributed by atoms with Gasteiger partial charge in [-0.25, -0.2) is 8.42 Å². The van der Waals surface area contributed by atoms with E-state index in [0.29, 0.717) is 24.9 Å². The number of hydrogen-bond donors (Lipinski definition) is 5. The van der Waals surface area contributed by atoms with Crippen LogP contribution in [0.4, 0.5) is 0 Å². The molecule has 2 aromatic rings. The van der Waals surface area contributed by atoms with Crippen LogP contribution in [0.15, 0.2) is 59.5 Å². The molecule has 0 spiro atoms. The third-order valence-corrected chi connectivity index (χ3v) is 7.38. The van der Waals surface area contributed by atoms with Gasteiger partial charge >= 0.3 is 5.97 Å². The van der Waals surface area contributed by atoms with Crippen LogP contribution in [-0.2, 0) is 30.8 Å². The molecule has 1 aliphatic rings. The normalized spacial score (nSPS) is 16.7. The molecule has 1 fully saturated rings. The van der Waals surface area contributed by atoms with Gasteiger partial charge in [0, 0.05) is 25.2 Å². The predicted molar refractivity (Wildman–Crippen MR) is 132 cm³/mol. The molecule has 1 aliphatic heterocycles. The number of hydrogen-bond acceptors (Lipinski definition) is 6.